The molecule has 0 unspecified atom stereocenters. The highest BCUT2D eigenvalue weighted by Crippen LogP contribution is 2.22. The van der Waals surface area contributed by atoms with Crippen LogP contribution in [-0.4, -0.2) is 19.3 Å². The van der Waals surface area contributed by atoms with E-state index in [0.717, 1.165) is 0 Å². The number of pyridine rings is 1. The van der Waals surface area contributed by atoms with Crippen molar-refractivity contribution < 1.29 is 13.2 Å². The van der Waals surface area contributed by atoms with Crippen LogP contribution in [-0.2, 0) is 14.8 Å². The van der Waals surface area contributed by atoms with Gasteiger partial charge in [-0.3, -0.25) is 14.5 Å². The van der Waals surface area contributed by atoms with Crippen LogP contribution in [0.25, 0.3) is 6.08 Å². The van der Waals surface area contributed by atoms with Crippen molar-refractivity contribution in [2.24, 2.45) is 0 Å². The van der Waals surface area contributed by atoms with Crippen LogP contribution in [0.2, 0.25) is 10.0 Å². The zero-order valence-electron chi connectivity index (χ0n) is 14.8. The summed E-state index contributed by atoms with van der Waals surface area (Å²) in [5.74, 6) is -0.389. The Kier molecular flexibility index (Phi) is 6.53. The highest BCUT2D eigenvalue weighted by atomic mass is 35.5. The van der Waals surface area contributed by atoms with Gasteiger partial charge in [-0.05, 0) is 60.2 Å². The van der Waals surface area contributed by atoms with Crippen LogP contribution < -0.4 is 10.0 Å². The van der Waals surface area contributed by atoms with Crippen LogP contribution in [0.1, 0.15) is 5.56 Å². The monoisotopic (exact) mass is 447 g/mol. The van der Waals surface area contributed by atoms with Crippen molar-refractivity contribution in [1.82, 2.24) is 4.98 Å². The van der Waals surface area contributed by atoms with E-state index in [1.54, 1.807) is 42.6 Å². The van der Waals surface area contributed by atoms with E-state index < -0.39 is 10.0 Å². The topological polar surface area (TPSA) is 88.2 Å². The van der Waals surface area contributed by atoms with Gasteiger partial charge in [0.05, 0.1) is 16.8 Å². The maximum absolute atomic E-state index is 12.4. The molecular weight excluding hydrogens is 433 g/mol. The molecule has 3 aromatic rings. The van der Waals surface area contributed by atoms with Crippen molar-refractivity contribution in [2.45, 2.75) is 4.90 Å². The lowest BCUT2D eigenvalue weighted by molar-refractivity contribution is -0.111. The number of halogens is 2. The lowest BCUT2D eigenvalue weighted by Crippen LogP contribution is -2.13. The zero-order valence-corrected chi connectivity index (χ0v) is 17.2. The number of carbonyl (C=O) groups is 1. The summed E-state index contributed by atoms with van der Waals surface area (Å²) in [7, 11) is -3.76. The van der Waals surface area contributed by atoms with Gasteiger partial charge in [-0.15, -0.1) is 0 Å². The fourth-order valence-electron chi connectivity index (χ4n) is 2.34. The first-order valence-electron chi connectivity index (χ1n) is 8.30. The van der Waals surface area contributed by atoms with E-state index in [-0.39, 0.29) is 10.8 Å². The van der Waals surface area contributed by atoms with Gasteiger partial charge in [0, 0.05) is 28.0 Å². The van der Waals surface area contributed by atoms with Crippen molar-refractivity contribution in [3.8, 4) is 0 Å². The molecule has 0 atom stereocenters. The quantitative estimate of drug-likeness (QED) is 0.529. The predicted molar refractivity (Wildman–Crippen MR) is 116 cm³/mol. The highest BCUT2D eigenvalue weighted by Gasteiger charge is 2.14. The van der Waals surface area contributed by atoms with Gasteiger partial charge in [-0.2, -0.15) is 0 Å². The lowest BCUT2D eigenvalue weighted by atomic mass is 10.2. The van der Waals surface area contributed by atoms with E-state index in [2.05, 4.69) is 15.0 Å². The molecule has 0 radical (unpaired) electrons. The van der Waals surface area contributed by atoms with Gasteiger partial charge >= 0.3 is 0 Å². The Balaban J connectivity index is 1.65. The number of carbonyl (C=O) groups excluding carboxylic acids is 1. The minimum Gasteiger partial charge on any atom is -0.323 e. The van der Waals surface area contributed by atoms with Gasteiger partial charge < -0.3 is 5.32 Å². The fourth-order valence-corrected chi connectivity index (χ4v) is 3.86. The number of aromatic nitrogens is 1. The Hall–Kier alpha value is -2.87. The summed E-state index contributed by atoms with van der Waals surface area (Å²) in [6, 6.07) is 14.0. The smallest absolute Gasteiger partial charge is 0.261 e. The molecule has 6 nitrogen and oxygen atoms in total. The number of nitrogens with zero attached hydrogens (tertiary/aromatic N) is 1. The van der Waals surface area contributed by atoms with Gasteiger partial charge in [0.2, 0.25) is 5.91 Å². The van der Waals surface area contributed by atoms with Crippen LogP contribution in [0.15, 0.2) is 78.0 Å². The van der Waals surface area contributed by atoms with Crippen LogP contribution >= 0.6 is 23.2 Å². The third-order valence-corrected chi connectivity index (χ3v) is 5.68. The first-order chi connectivity index (χ1) is 13.8. The molecule has 0 fully saturated rings. The van der Waals surface area contributed by atoms with E-state index >= 15 is 0 Å². The summed E-state index contributed by atoms with van der Waals surface area (Å²) in [4.78, 5) is 16.0. The van der Waals surface area contributed by atoms with Crippen molar-refractivity contribution in [3.63, 3.8) is 0 Å². The number of benzene rings is 2. The summed E-state index contributed by atoms with van der Waals surface area (Å²) in [5, 5.41) is 3.58. The van der Waals surface area contributed by atoms with E-state index in [9.17, 15) is 13.2 Å². The second kappa shape index (κ2) is 9.09. The molecule has 0 saturated carbocycles. The van der Waals surface area contributed by atoms with Crippen molar-refractivity contribution in [2.75, 3.05) is 10.0 Å². The van der Waals surface area contributed by atoms with Gasteiger partial charge in [0.15, 0.2) is 0 Å². The Bertz CT molecular complexity index is 1150. The molecule has 0 bridgehead atoms. The molecule has 2 aromatic carbocycles. The summed E-state index contributed by atoms with van der Waals surface area (Å²) in [6.07, 6.45) is 5.84. The molecule has 9 heteroatoms. The highest BCUT2D eigenvalue weighted by molar-refractivity contribution is 7.92. The normalized spacial score (nSPS) is 11.4. The fraction of sp³-hybridized carbons (Fsp3) is 0. The van der Waals surface area contributed by atoms with Crippen LogP contribution in [0.3, 0.4) is 0 Å². The number of rotatable bonds is 6. The summed E-state index contributed by atoms with van der Waals surface area (Å²) in [6.45, 7) is 0. The summed E-state index contributed by atoms with van der Waals surface area (Å²) < 4.78 is 27.2. The third-order valence-electron chi connectivity index (χ3n) is 3.72. The lowest BCUT2D eigenvalue weighted by Gasteiger charge is -2.08. The predicted octanol–water partition coefficient (Wildman–Crippen LogP) is 4.84. The number of sulfonamides is 1. The molecule has 0 saturated heterocycles. The van der Waals surface area contributed by atoms with Crippen molar-refractivity contribution in [1.29, 1.82) is 0 Å². The second-order valence-electron chi connectivity index (χ2n) is 5.86. The molecular formula is C20H15Cl2N3O3S. The van der Waals surface area contributed by atoms with Gasteiger partial charge in [-0.25, -0.2) is 8.42 Å². The Morgan fingerprint density at radius 3 is 2.41 bits per heavy atom. The van der Waals surface area contributed by atoms with E-state index in [1.807, 2.05) is 0 Å². The molecule has 0 aliphatic heterocycles. The number of anilines is 2. The molecule has 1 aromatic heterocycles. The van der Waals surface area contributed by atoms with Gasteiger partial charge in [-0.1, -0.05) is 29.3 Å². The van der Waals surface area contributed by atoms with Crippen LogP contribution in [0.5, 0.6) is 0 Å². The van der Waals surface area contributed by atoms with Gasteiger partial charge in [0.1, 0.15) is 0 Å². The standard InChI is InChI=1S/C20H15Cl2N3O3S/c21-15-5-3-14(19(22)12-15)4-10-20(26)24-16-6-8-18(9-7-16)29(27,28)25-17-2-1-11-23-13-17/h1-13,25H,(H,24,26)/b10-4+. The molecule has 1 amide bonds. The molecule has 148 valence electrons. The Labute approximate surface area is 178 Å². The number of hydrogen-bond acceptors (Lipinski definition) is 4. The Morgan fingerprint density at radius 1 is 1.00 bits per heavy atom. The first kappa shape index (κ1) is 20.9. The van der Waals surface area contributed by atoms with Crippen molar-refractivity contribution >= 4 is 56.6 Å². The molecule has 0 aliphatic carbocycles. The van der Waals surface area contributed by atoms with E-state index in [1.165, 1.54) is 36.5 Å². The molecule has 0 spiro atoms. The maximum atomic E-state index is 12.4. The molecule has 3 rings (SSSR count). The minimum atomic E-state index is -3.76. The summed E-state index contributed by atoms with van der Waals surface area (Å²) in [5.41, 5.74) is 1.45. The van der Waals surface area contributed by atoms with Crippen LogP contribution in [0.4, 0.5) is 11.4 Å². The van der Waals surface area contributed by atoms with Gasteiger partial charge in [0.25, 0.3) is 10.0 Å². The molecule has 0 aliphatic rings. The zero-order chi connectivity index (χ0) is 20.9. The maximum Gasteiger partial charge on any atom is 0.261 e. The van der Waals surface area contributed by atoms with Crippen molar-refractivity contribution in [3.05, 3.63) is 88.7 Å². The number of nitrogens with one attached hydrogen (secondary N) is 2. The van der Waals surface area contributed by atoms with Crippen LogP contribution in [0, 0.1) is 0 Å². The average molecular weight is 448 g/mol. The van der Waals surface area contributed by atoms with E-state index in [0.29, 0.717) is 27.0 Å². The summed E-state index contributed by atoms with van der Waals surface area (Å²) >= 11 is 11.9. The number of amides is 1. The largest absolute Gasteiger partial charge is 0.323 e. The second-order valence-corrected chi connectivity index (χ2v) is 8.39. The number of hydrogen-bond donors (Lipinski definition) is 2. The van der Waals surface area contributed by atoms with E-state index in [4.69, 9.17) is 23.2 Å². The minimum absolute atomic E-state index is 0.0582. The molecule has 29 heavy (non-hydrogen) atoms. The Morgan fingerprint density at radius 2 is 1.76 bits per heavy atom. The molecule has 2 N–H and O–H groups in total. The first-order valence-corrected chi connectivity index (χ1v) is 10.5. The molecule has 1 heterocycles. The average Bonchev–Trinajstić information content (AvgIpc) is 2.68. The SMILES string of the molecule is O=C(/C=C/c1ccc(Cl)cc1Cl)Nc1ccc(S(=O)(=O)Nc2cccnc2)cc1. The third kappa shape index (κ3) is 5.80.